The summed E-state index contributed by atoms with van der Waals surface area (Å²) in [6, 6.07) is 2.84. The van der Waals surface area contributed by atoms with Gasteiger partial charge in [-0.15, -0.1) is 0 Å². The molecule has 1 aliphatic carbocycles. The second kappa shape index (κ2) is 8.17. The quantitative estimate of drug-likeness (QED) is 0.694. The third-order valence-electron chi connectivity index (χ3n) is 3.82. The van der Waals surface area contributed by atoms with Crippen LogP contribution in [-0.4, -0.2) is 47.1 Å². The molecule has 0 unspecified atom stereocenters. The van der Waals surface area contributed by atoms with E-state index in [0.717, 1.165) is 62.5 Å². The Kier molecular flexibility index (Phi) is 6.23. The van der Waals surface area contributed by atoms with Gasteiger partial charge in [0.2, 0.25) is 0 Å². The van der Waals surface area contributed by atoms with Crippen molar-refractivity contribution in [1.82, 2.24) is 14.9 Å². The summed E-state index contributed by atoms with van der Waals surface area (Å²) in [7, 11) is 0. The first kappa shape index (κ1) is 16.0. The van der Waals surface area contributed by atoms with Gasteiger partial charge >= 0.3 is 0 Å². The van der Waals surface area contributed by atoms with Crippen LogP contribution in [0.1, 0.15) is 45.9 Å². The lowest BCUT2D eigenvalue weighted by molar-refractivity contribution is 0.289. The molecule has 0 amide bonds. The Morgan fingerprint density at radius 2 is 1.76 bits per heavy atom. The smallest absolute Gasteiger partial charge is 0.132 e. The summed E-state index contributed by atoms with van der Waals surface area (Å²) < 4.78 is 0. The minimum atomic E-state index is 0.829. The highest BCUT2D eigenvalue weighted by molar-refractivity contribution is 5.47. The van der Waals surface area contributed by atoms with E-state index >= 15 is 0 Å². The van der Waals surface area contributed by atoms with Gasteiger partial charge in [-0.2, -0.15) is 0 Å². The number of hydrogen-bond donors (Lipinski definition) is 2. The Balaban J connectivity index is 1.88. The minimum absolute atomic E-state index is 0.829. The molecular formula is C16H29N5. The highest BCUT2D eigenvalue weighted by Crippen LogP contribution is 2.26. The summed E-state index contributed by atoms with van der Waals surface area (Å²) >= 11 is 0. The molecular weight excluding hydrogens is 262 g/mol. The molecule has 2 rings (SSSR count). The van der Waals surface area contributed by atoms with Crippen molar-refractivity contribution in [3.8, 4) is 0 Å². The first-order valence-electron chi connectivity index (χ1n) is 8.36. The van der Waals surface area contributed by atoms with Crippen molar-refractivity contribution >= 4 is 11.6 Å². The predicted molar refractivity (Wildman–Crippen MR) is 88.9 cm³/mol. The molecule has 0 bridgehead atoms. The van der Waals surface area contributed by atoms with Gasteiger partial charge in [0.05, 0.1) is 0 Å². The van der Waals surface area contributed by atoms with Crippen LogP contribution in [0.15, 0.2) is 6.07 Å². The van der Waals surface area contributed by atoms with Gasteiger partial charge in [-0.25, -0.2) is 9.97 Å². The van der Waals surface area contributed by atoms with E-state index in [4.69, 9.17) is 0 Å². The lowest BCUT2D eigenvalue weighted by atomic mass is 10.4. The molecule has 1 heterocycles. The minimum Gasteiger partial charge on any atom is -0.370 e. The van der Waals surface area contributed by atoms with E-state index in [1.54, 1.807) is 0 Å². The number of aryl methyl sites for hydroxylation is 1. The fourth-order valence-electron chi connectivity index (χ4n) is 2.46. The summed E-state index contributed by atoms with van der Waals surface area (Å²) in [5, 5.41) is 6.80. The highest BCUT2D eigenvalue weighted by atomic mass is 15.2. The summed E-state index contributed by atoms with van der Waals surface area (Å²) in [6.45, 7) is 10.6. The highest BCUT2D eigenvalue weighted by Gasteiger charge is 2.27. The predicted octanol–water partition coefficient (Wildman–Crippen LogP) is 2.76. The Morgan fingerprint density at radius 3 is 2.29 bits per heavy atom. The molecule has 0 spiro atoms. The van der Waals surface area contributed by atoms with E-state index in [9.17, 15) is 0 Å². The van der Waals surface area contributed by atoms with Gasteiger partial charge < -0.3 is 10.6 Å². The molecule has 0 aromatic carbocycles. The van der Waals surface area contributed by atoms with E-state index in [0.29, 0.717) is 0 Å². The normalized spacial score (nSPS) is 14.5. The third-order valence-corrected chi connectivity index (χ3v) is 3.82. The fourth-order valence-corrected chi connectivity index (χ4v) is 2.46. The molecule has 2 N–H and O–H groups in total. The number of nitrogens with zero attached hydrogens (tertiary/aromatic N) is 3. The monoisotopic (exact) mass is 291 g/mol. The van der Waals surface area contributed by atoms with Crippen LogP contribution >= 0.6 is 0 Å². The molecule has 0 aliphatic heterocycles. The van der Waals surface area contributed by atoms with Crippen molar-refractivity contribution in [1.29, 1.82) is 0 Å². The van der Waals surface area contributed by atoms with Crippen LogP contribution in [-0.2, 0) is 6.42 Å². The largest absolute Gasteiger partial charge is 0.370 e. The zero-order chi connectivity index (χ0) is 15.1. The first-order chi connectivity index (χ1) is 10.3. The number of likely N-dealkylation sites (N-methyl/N-ethyl adjacent to an activating group) is 1. The first-order valence-corrected chi connectivity index (χ1v) is 8.36. The summed E-state index contributed by atoms with van der Waals surface area (Å²) in [4.78, 5) is 11.6. The number of hydrogen-bond acceptors (Lipinski definition) is 5. The van der Waals surface area contributed by atoms with Crippen molar-refractivity contribution in [2.75, 3.05) is 36.8 Å². The van der Waals surface area contributed by atoms with Crippen LogP contribution in [0.4, 0.5) is 11.6 Å². The van der Waals surface area contributed by atoms with Gasteiger partial charge in [0, 0.05) is 38.2 Å². The molecule has 5 heteroatoms. The van der Waals surface area contributed by atoms with Crippen LogP contribution in [0.2, 0.25) is 0 Å². The number of rotatable bonds is 10. The molecule has 1 aromatic rings. The van der Waals surface area contributed by atoms with Crippen LogP contribution < -0.4 is 10.6 Å². The summed E-state index contributed by atoms with van der Waals surface area (Å²) in [5.74, 6) is 2.76. The molecule has 1 fully saturated rings. The number of anilines is 2. The van der Waals surface area contributed by atoms with E-state index in [1.165, 1.54) is 12.8 Å². The van der Waals surface area contributed by atoms with Crippen molar-refractivity contribution in [3.63, 3.8) is 0 Å². The Hall–Kier alpha value is -1.36. The maximum Gasteiger partial charge on any atom is 0.132 e. The molecule has 5 nitrogen and oxygen atoms in total. The third kappa shape index (κ3) is 5.16. The van der Waals surface area contributed by atoms with Crippen LogP contribution in [0, 0.1) is 0 Å². The van der Waals surface area contributed by atoms with Crippen molar-refractivity contribution in [2.45, 2.75) is 52.5 Å². The number of nitrogens with one attached hydrogen (secondary N) is 2. The average Bonchev–Trinajstić information content (AvgIpc) is 3.34. The van der Waals surface area contributed by atoms with Gasteiger partial charge in [0.25, 0.3) is 0 Å². The van der Waals surface area contributed by atoms with Crippen LogP contribution in [0.5, 0.6) is 0 Å². The molecule has 118 valence electrons. The molecule has 1 aliphatic rings. The van der Waals surface area contributed by atoms with Gasteiger partial charge in [0.1, 0.15) is 17.5 Å². The second-order valence-corrected chi connectivity index (χ2v) is 5.62. The van der Waals surface area contributed by atoms with Crippen LogP contribution in [0.25, 0.3) is 0 Å². The number of aromatic nitrogens is 2. The second-order valence-electron chi connectivity index (χ2n) is 5.62. The summed E-state index contributed by atoms with van der Waals surface area (Å²) in [6.07, 6.45) is 4.69. The SMILES string of the molecule is CCCNc1cc(NCCN(CC)C2CC2)nc(CC)n1. The molecule has 1 saturated carbocycles. The maximum atomic E-state index is 4.56. The van der Waals surface area contributed by atoms with Gasteiger partial charge in [-0.05, 0) is 25.8 Å². The molecule has 0 saturated heterocycles. The van der Waals surface area contributed by atoms with Gasteiger partial charge in [0.15, 0.2) is 0 Å². The zero-order valence-corrected chi connectivity index (χ0v) is 13.7. The van der Waals surface area contributed by atoms with E-state index in [2.05, 4.69) is 46.3 Å². The molecule has 21 heavy (non-hydrogen) atoms. The zero-order valence-electron chi connectivity index (χ0n) is 13.7. The van der Waals surface area contributed by atoms with Crippen LogP contribution in [0.3, 0.4) is 0 Å². The lowest BCUT2D eigenvalue weighted by Crippen LogP contribution is -2.31. The maximum absolute atomic E-state index is 4.56. The molecule has 0 radical (unpaired) electrons. The lowest BCUT2D eigenvalue weighted by Gasteiger charge is -2.20. The Labute approximate surface area is 128 Å². The summed E-state index contributed by atoms with van der Waals surface area (Å²) in [5.41, 5.74) is 0. The van der Waals surface area contributed by atoms with E-state index < -0.39 is 0 Å². The average molecular weight is 291 g/mol. The van der Waals surface area contributed by atoms with Crippen molar-refractivity contribution in [3.05, 3.63) is 11.9 Å². The fraction of sp³-hybridized carbons (Fsp3) is 0.750. The van der Waals surface area contributed by atoms with Gasteiger partial charge in [-0.3, -0.25) is 4.90 Å². The van der Waals surface area contributed by atoms with E-state index in [-0.39, 0.29) is 0 Å². The standard InChI is InChI=1S/C16H29N5/c1-4-9-17-15-12-16(20-14(5-2)19-15)18-10-11-21(6-3)13-7-8-13/h12-13H,4-11H2,1-3H3,(H2,17,18,19,20). The van der Waals surface area contributed by atoms with Gasteiger partial charge in [-0.1, -0.05) is 20.8 Å². The molecule has 1 aromatic heterocycles. The Bertz CT molecular complexity index is 431. The topological polar surface area (TPSA) is 53.1 Å². The van der Waals surface area contributed by atoms with E-state index in [1.807, 2.05) is 6.07 Å². The Morgan fingerprint density at radius 1 is 1.10 bits per heavy atom. The van der Waals surface area contributed by atoms with Crippen molar-refractivity contribution in [2.24, 2.45) is 0 Å². The van der Waals surface area contributed by atoms with Crippen molar-refractivity contribution < 1.29 is 0 Å². The molecule has 0 atom stereocenters.